The van der Waals surface area contributed by atoms with Gasteiger partial charge in [-0.2, -0.15) is 0 Å². The van der Waals surface area contributed by atoms with Gasteiger partial charge in [0, 0.05) is 6.04 Å². The number of benzene rings is 1. The topological polar surface area (TPSA) is 12.0 Å². The molecule has 0 amide bonds. The highest BCUT2D eigenvalue weighted by molar-refractivity contribution is 5.85. The lowest BCUT2D eigenvalue weighted by molar-refractivity contribution is 0.560. The van der Waals surface area contributed by atoms with Crippen LogP contribution in [0, 0.1) is 5.82 Å². The third-order valence-corrected chi connectivity index (χ3v) is 2.59. The molecular weight excluding hydrogens is 201 g/mol. The maximum absolute atomic E-state index is 13.2. The van der Waals surface area contributed by atoms with Crippen LogP contribution in [0.15, 0.2) is 24.3 Å². The van der Waals surface area contributed by atoms with Crippen molar-refractivity contribution in [1.29, 1.82) is 0 Å². The zero-order valence-corrected chi connectivity index (χ0v) is 8.82. The minimum atomic E-state index is -0.0730. The van der Waals surface area contributed by atoms with Crippen LogP contribution in [-0.2, 0) is 6.42 Å². The van der Waals surface area contributed by atoms with E-state index < -0.39 is 0 Å². The molecule has 1 aromatic carbocycles. The van der Waals surface area contributed by atoms with Crippen LogP contribution >= 0.6 is 12.4 Å². The van der Waals surface area contributed by atoms with Crippen molar-refractivity contribution in [3.05, 3.63) is 35.6 Å². The van der Waals surface area contributed by atoms with Gasteiger partial charge in [0.25, 0.3) is 0 Å². The van der Waals surface area contributed by atoms with Gasteiger partial charge in [-0.15, -0.1) is 12.4 Å². The number of rotatable bonds is 2. The normalized spacial score (nSPS) is 20.5. The molecule has 1 aromatic rings. The van der Waals surface area contributed by atoms with E-state index in [-0.39, 0.29) is 18.2 Å². The van der Waals surface area contributed by atoms with Crippen molar-refractivity contribution < 1.29 is 4.39 Å². The molecule has 1 atom stereocenters. The van der Waals surface area contributed by atoms with Gasteiger partial charge in [0.15, 0.2) is 0 Å². The maximum Gasteiger partial charge on any atom is 0.126 e. The van der Waals surface area contributed by atoms with Crippen LogP contribution in [0.3, 0.4) is 0 Å². The first-order valence-corrected chi connectivity index (χ1v) is 4.83. The molecule has 0 bridgehead atoms. The lowest BCUT2D eigenvalue weighted by atomic mass is 10.0. The average molecular weight is 216 g/mol. The predicted molar refractivity (Wildman–Crippen MR) is 58.4 cm³/mol. The lowest BCUT2D eigenvalue weighted by Gasteiger charge is -2.10. The van der Waals surface area contributed by atoms with Crippen LogP contribution in [0.5, 0.6) is 0 Å². The molecule has 0 radical (unpaired) electrons. The summed E-state index contributed by atoms with van der Waals surface area (Å²) in [5, 5.41) is 3.37. The Kier molecular flexibility index (Phi) is 4.36. The van der Waals surface area contributed by atoms with E-state index in [4.69, 9.17) is 0 Å². The average Bonchev–Trinajstić information content (AvgIpc) is 2.61. The fourth-order valence-corrected chi connectivity index (χ4v) is 1.86. The molecule has 0 spiro atoms. The zero-order valence-electron chi connectivity index (χ0n) is 8.00. The van der Waals surface area contributed by atoms with Gasteiger partial charge in [-0.05, 0) is 37.4 Å². The van der Waals surface area contributed by atoms with E-state index in [9.17, 15) is 4.39 Å². The van der Waals surface area contributed by atoms with Gasteiger partial charge >= 0.3 is 0 Å². The summed E-state index contributed by atoms with van der Waals surface area (Å²) in [6, 6.07) is 7.52. The second-order valence-corrected chi connectivity index (χ2v) is 3.59. The Morgan fingerprint density at radius 3 is 2.79 bits per heavy atom. The largest absolute Gasteiger partial charge is 0.314 e. The van der Waals surface area contributed by atoms with E-state index >= 15 is 0 Å². The minimum absolute atomic E-state index is 0. The molecule has 1 aliphatic heterocycles. The van der Waals surface area contributed by atoms with E-state index in [0.29, 0.717) is 6.04 Å². The molecule has 1 aliphatic rings. The summed E-state index contributed by atoms with van der Waals surface area (Å²) in [4.78, 5) is 0. The van der Waals surface area contributed by atoms with Crippen molar-refractivity contribution in [2.24, 2.45) is 0 Å². The van der Waals surface area contributed by atoms with E-state index in [2.05, 4.69) is 5.32 Å². The van der Waals surface area contributed by atoms with E-state index in [1.54, 1.807) is 6.07 Å². The van der Waals surface area contributed by atoms with E-state index in [0.717, 1.165) is 18.5 Å². The van der Waals surface area contributed by atoms with E-state index in [1.807, 2.05) is 12.1 Å². The number of hydrogen-bond acceptors (Lipinski definition) is 1. The van der Waals surface area contributed by atoms with E-state index in [1.165, 1.54) is 18.9 Å². The smallest absolute Gasteiger partial charge is 0.126 e. The maximum atomic E-state index is 13.2. The lowest BCUT2D eigenvalue weighted by Crippen LogP contribution is -2.23. The van der Waals surface area contributed by atoms with Crippen molar-refractivity contribution in [3.8, 4) is 0 Å². The summed E-state index contributed by atoms with van der Waals surface area (Å²) in [5.74, 6) is -0.0730. The third kappa shape index (κ3) is 2.69. The number of nitrogens with one attached hydrogen (secondary N) is 1. The van der Waals surface area contributed by atoms with Gasteiger partial charge in [0.05, 0.1) is 0 Å². The van der Waals surface area contributed by atoms with Crippen LogP contribution in [0.4, 0.5) is 4.39 Å². The van der Waals surface area contributed by atoms with Crippen LogP contribution in [0.25, 0.3) is 0 Å². The van der Waals surface area contributed by atoms with Gasteiger partial charge in [-0.3, -0.25) is 0 Å². The summed E-state index contributed by atoms with van der Waals surface area (Å²) in [6.45, 7) is 1.08. The van der Waals surface area contributed by atoms with Crippen LogP contribution in [0.1, 0.15) is 18.4 Å². The second kappa shape index (κ2) is 5.32. The molecule has 0 aliphatic carbocycles. The summed E-state index contributed by atoms with van der Waals surface area (Å²) in [7, 11) is 0. The fourth-order valence-electron chi connectivity index (χ4n) is 1.86. The van der Waals surface area contributed by atoms with Gasteiger partial charge < -0.3 is 5.32 Å². The Balaban J connectivity index is 0.000000980. The number of halogens is 2. The molecule has 1 unspecified atom stereocenters. The molecule has 0 aromatic heterocycles. The van der Waals surface area contributed by atoms with Gasteiger partial charge in [-0.25, -0.2) is 4.39 Å². The summed E-state index contributed by atoms with van der Waals surface area (Å²) in [6.07, 6.45) is 3.22. The predicted octanol–water partition coefficient (Wildman–Crippen LogP) is 2.54. The van der Waals surface area contributed by atoms with Crippen LogP contribution < -0.4 is 5.32 Å². The Morgan fingerprint density at radius 1 is 1.36 bits per heavy atom. The second-order valence-electron chi connectivity index (χ2n) is 3.59. The molecule has 3 heteroatoms. The van der Waals surface area contributed by atoms with Crippen molar-refractivity contribution >= 4 is 12.4 Å². The first-order valence-electron chi connectivity index (χ1n) is 4.83. The van der Waals surface area contributed by atoms with Crippen LogP contribution in [-0.4, -0.2) is 12.6 Å². The molecule has 78 valence electrons. The van der Waals surface area contributed by atoms with Gasteiger partial charge in [0.2, 0.25) is 0 Å². The monoisotopic (exact) mass is 215 g/mol. The molecule has 1 N–H and O–H groups in total. The highest BCUT2D eigenvalue weighted by Crippen LogP contribution is 2.14. The van der Waals surface area contributed by atoms with Gasteiger partial charge in [0.1, 0.15) is 5.82 Å². The minimum Gasteiger partial charge on any atom is -0.314 e. The fraction of sp³-hybridized carbons (Fsp3) is 0.455. The Hall–Kier alpha value is -0.600. The molecule has 0 saturated carbocycles. The molecule has 2 rings (SSSR count). The third-order valence-electron chi connectivity index (χ3n) is 2.59. The molecule has 1 saturated heterocycles. The van der Waals surface area contributed by atoms with Gasteiger partial charge in [-0.1, -0.05) is 18.2 Å². The molecular formula is C11H15ClFN. The Labute approximate surface area is 90.1 Å². The summed E-state index contributed by atoms with van der Waals surface area (Å²) < 4.78 is 13.2. The molecule has 14 heavy (non-hydrogen) atoms. The summed E-state index contributed by atoms with van der Waals surface area (Å²) in [5.41, 5.74) is 0.835. The quantitative estimate of drug-likeness (QED) is 0.800. The molecule has 1 nitrogen and oxygen atoms in total. The zero-order chi connectivity index (χ0) is 9.10. The molecule has 1 fully saturated rings. The molecule has 1 heterocycles. The first kappa shape index (κ1) is 11.5. The number of hydrogen-bond donors (Lipinski definition) is 1. The SMILES string of the molecule is Cl.Fc1ccccc1CC1CCCN1. The first-order chi connectivity index (χ1) is 6.36. The summed E-state index contributed by atoms with van der Waals surface area (Å²) >= 11 is 0. The van der Waals surface area contributed by atoms with Crippen LogP contribution in [0.2, 0.25) is 0 Å². The highest BCUT2D eigenvalue weighted by Gasteiger charge is 2.15. The highest BCUT2D eigenvalue weighted by atomic mass is 35.5. The van der Waals surface area contributed by atoms with Crippen molar-refractivity contribution in [3.63, 3.8) is 0 Å². The standard InChI is InChI=1S/C11H14FN.ClH/c12-11-6-2-1-4-9(11)8-10-5-3-7-13-10;/h1-2,4,6,10,13H,3,5,7-8H2;1H. The van der Waals surface area contributed by atoms with Crippen molar-refractivity contribution in [1.82, 2.24) is 5.32 Å². The Bertz CT molecular complexity index is 284. The van der Waals surface area contributed by atoms with Crippen molar-refractivity contribution in [2.45, 2.75) is 25.3 Å². The van der Waals surface area contributed by atoms with Crippen molar-refractivity contribution in [2.75, 3.05) is 6.54 Å². The Morgan fingerprint density at radius 2 is 2.14 bits per heavy atom.